The van der Waals surface area contributed by atoms with Crippen molar-refractivity contribution in [2.45, 2.75) is 33.7 Å². The summed E-state index contributed by atoms with van der Waals surface area (Å²) in [6.07, 6.45) is 8.03. The molecule has 0 amide bonds. The molecular formula is C23H29ClFN5. The second-order valence-electron chi connectivity index (χ2n) is 7.30. The molecule has 0 aliphatic carbocycles. The predicted octanol–water partition coefficient (Wildman–Crippen LogP) is 4.47. The Morgan fingerprint density at radius 3 is 2.70 bits per heavy atom. The van der Waals surface area contributed by atoms with Crippen molar-refractivity contribution in [1.29, 1.82) is 0 Å². The number of hydrogen-bond acceptors (Lipinski definition) is 5. The van der Waals surface area contributed by atoms with Gasteiger partial charge in [0.05, 0.1) is 21.9 Å². The Kier molecular flexibility index (Phi) is 7.82. The first-order chi connectivity index (χ1) is 14.5. The van der Waals surface area contributed by atoms with Crippen LogP contribution in [0.3, 0.4) is 0 Å². The van der Waals surface area contributed by atoms with Gasteiger partial charge in [0.1, 0.15) is 5.52 Å². The molecule has 0 radical (unpaired) electrons. The highest BCUT2D eigenvalue weighted by atomic mass is 35.5. The molecule has 1 aliphatic rings. The van der Waals surface area contributed by atoms with Crippen molar-refractivity contribution < 1.29 is 4.39 Å². The van der Waals surface area contributed by atoms with Crippen molar-refractivity contribution in [1.82, 2.24) is 25.5 Å². The number of rotatable bonds is 7. The van der Waals surface area contributed by atoms with Crippen LogP contribution in [0, 0.1) is 5.82 Å². The van der Waals surface area contributed by atoms with Crippen LogP contribution >= 0.6 is 11.6 Å². The van der Waals surface area contributed by atoms with E-state index in [0.29, 0.717) is 22.7 Å². The molecule has 0 unspecified atom stereocenters. The number of nitrogens with zero attached hydrogens (tertiary/aromatic N) is 3. The first-order valence-electron chi connectivity index (χ1n) is 10.4. The van der Waals surface area contributed by atoms with Gasteiger partial charge < -0.3 is 15.5 Å². The highest BCUT2D eigenvalue weighted by molar-refractivity contribution is 6.31. The lowest BCUT2D eigenvalue weighted by Crippen LogP contribution is -2.44. The lowest BCUT2D eigenvalue weighted by atomic mass is 10.1. The smallest absolute Gasteiger partial charge is 0.155 e. The lowest BCUT2D eigenvalue weighted by Gasteiger charge is -2.33. The molecule has 1 aromatic heterocycles. The van der Waals surface area contributed by atoms with E-state index in [1.165, 1.54) is 11.8 Å². The van der Waals surface area contributed by atoms with Gasteiger partial charge in [-0.25, -0.2) is 9.37 Å². The monoisotopic (exact) mass is 429 g/mol. The largest absolute Gasteiger partial charge is 0.379 e. The van der Waals surface area contributed by atoms with E-state index in [2.05, 4.69) is 39.3 Å². The van der Waals surface area contributed by atoms with Gasteiger partial charge >= 0.3 is 0 Å². The van der Waals surface area contributed by atoms with Gasteiger partial charge in [-0.2, -0.15) is 0 Å². The SMILES string of the molecule is C\C=C(NCc1ccc2nccnc2c1F)/C(=C(Cl)\C=C(/C)CC)N1CCNCC1. The van der Waals surface area contributed by atoms with E-state index in [1.807, 2.05) is 19.1 Å². The van der Waals surface area contributed by atoms with Crippen LogP contribution in [-0.4, -0.2) is 41.0 Å². The number of fused-ring (bicyclic) bond motifs is 1. The van der Waals surface area contributed by atoms with Crippen molar-refractivity contribution in [2.24, 2.45) is 0 Å². The number of piperazine rings is 1. The van der Waals surface area contributed by atoms with Crippen molar-refractivity contribution in [3.63, 3.8) is 0 Å². The van der Waals surface area contributed by atoms with Gasteiger partial charge in [-0.3, -0.25) is 4.98 Å². The van der Waals surface area contributed by atoms with E-state index < -0.39 is 0 Å². The van der Waals surface area contributed by atoms with Crippen LogP contribution in [0.5, 0.6) is 0 Å². The van der Waals surface area contributed by atoms with E-state index in [1.54, 1.807) is 18.3 Å². The van der Waals surface area contributed by atoms with Crippen molar-refractivity contribution in [2.75, 3.05) is 26.2 Å². The van der Waals surface area contributed by atoms with Crippen molar-refractivity contribution >= 4 is 22.6 Å². The van der Waals surface area contributed by atoms with Crippen LogP contribution in [0.2, 0.25) is 0 Å². The second kappa shape index (κ2) is 10.5. The Balaban J connectivity index is 1.89. The molecule has 7 heteroatoms. The van der Waals surface area contributed by atoms with E-state index in [4.69, 9.17) is 11.6 Å². The van der Waals surface area contributed by atoms with Gasteiger partial charge in [-0.05, 0) is 32.4 Å². The quantitative estimate of drug-likeness (QED) is 0.636. The summed E-state index contributed by atoms with van der Waals surface area (Å²) in [6, 6.07) is 3.55. The molecule has 2 aromatic rings. The molecule has 0 saturated carbocycles. The number of aromatic nitrogens is 2. The highest BCUT2D eigenvalue weighted by Gasteiger charge is 2.20. The molecule has 0 atom stereocenters. The number of halogens is 2. The number of nitrogens with one attached hydrogen (secondary N) is 2. The topological polar surface area (TPSA) is 53.1 Å². The third-order valence-corrected chi connectivity index (χ3v) is 5.55. The third kappa shape index (κ3) is 5.18. The fourth-order valence-electron chi connectivity index (χ4n) is 3.42. The maximum absolute atomic E-state index is 14.9. The first kappa shape index (κ1) is 22.2. The standard InChI is InChI=1S/C23H29ClFN5/c1-4-16(3)14-18(24)23(30-12-10-26-11-13-30)19(5-2)29-15-17-6-7-20-22(21(17)25)28-9-8-27-20/h5-9,14,26,29H,4,10-13,15H2,1-3H3/b16-14+,19-5+,23-18-. The zero-order valence-corrected chi connectivity index (χ0v) is 18.6. The average Bonchev–Trinajstić information content (AvgIpc) is 2.78. The summed E-state index contributed by atoms with van der Waals surface area (Å²) in [5.74, 6) is -0.343. The molecule has 3 rings (SSSR count). The minimum absolute atomic E-state index is 0.288. The molecule has 1 aliphatic heterocycles. The molecule has 1 aromatic carbocycles. The molecule has 0 bridgehead atoms. The fraction of sp³-hybridized carbons (Fsp3) is 0.391. The van der Waals surface area contributed by atoms with Gasteiger partial charge in [0.25, 0.3) is 0 Å². The van der Waals surface area contributed by atoms with Crippen LogP contribution in [-0.2, 0) is 6.54 Å². The summed E-state index contributed by atoms with van der Waals surface area (Å²) >= 11 is 6.79. The highest BCUT2D eigenvalue weighted by Crippen LogP contribution is 2.25. The van der Waals surface area contributed by atoms with Gasteiger partial charge in [0, 0.05) is 50.7 Å². The van der Waals surface area contributed by atoms with Crippen LogP contribution in [0.15, 0.2) is 58.7 Å². The van der Waals surface area contributed by atoms with Gasteiger partial charge in [0.15, 0.2) is 5.82 Å². The fourth-order valence-corrected chi connectivity index (χ4v) is 3.83. The Morgan fingerprint density at radius 1 is 1.27 bits per heavy atom. The summed E-state index contributed by atoms with van der Waals surface area (Å²) in [6.45, 7) is 10.0. The Hall–Kier alpha value is -2.44. The lowest BCUT2D eigenvalue weighted by molar-refractivity contribution is 0.300. The Bertz CT molecular complexity index is 977. The Labute approximate surface area is 182 Å². The second-order valence-corrected chi connectivity index (χ2v) is 7.70. The zero-order valence-electron chi connectivity index (χ0n) is 17.8. The van der Waals surface area contributed by atoms with Crippen molar-refractivity contribution in [3.05, 3.63) is 70.1 Å². The maximum atomic E-state index is 14.9. The van der Waals surface area contributed by atoms with Crippen LogP contribution in [0.1, 0.15) is 32.8 Å². The number of allylic oxidation sites excluding steroid dienone is 4. The predicted molar refractivity (Wildman–Crippen MR) is 121 cm³/mol. The van der Waals surface area contributed by atoms with E-state index >= 15 is 0 Å². The Morgan fingerprint density at radius 2 is 2.00 bits per heavy atom. The van der Waals surface area contributed by atoms with E-state index in [0.717, 1.165) is 44.0 Å². The molecule has 30 heavy (non-hydrogen) atoms. The van der Waals surface area contributed by atoms with Gasteiger partial charge in [-0.1, -0.05) is 36.2 Å². The van der Waals surface area contributed by atoms with Crippen LogP contribution in [0.25, 0.3) is 11.0 Å². The molecule has 5 nitrogen and oxygen atoms in total. The average molecular weight is 430 g/mol. The van der Waals surface area contributed by atoms with Gasteiger partial charge in [-0.15, -0.1) is 0 Å². The molecule has 1 saturated heterocycles. The summed E-state index contributed by atoms with van der Waals surface area (Å²) in [5.41, 5.74) is 4.43. The molecule has 0 spiro atoms. The first-order valence-corrected chi connectivity index (χ1v) is 10.7. The summed E-state index contributed by atoms with van der Waals surface area (Å²) < 4.78 is 14.9. The normalized spacial score (nSPS) is 16.6. The van der Waals surface area contributed by atoms with Gasteiger partial charge in [0.2, 0.25) is 0 Å². The van der Waals surface area contributed by atoms with Crippen LogP contribution < -0.4 is 10.6 Å². The summed E-state index contributed by atoms with van der Waals surface area (Å²) in [4.78, 5) is 10.6. The number of hydrogen-bond donors (Lipinski definition) is 2. The van der Waals surface area contributed by atoms with E-state index in [-0.39, 0.29) is 11.3 Å². The van der Waals surface area contributed by atoms with E-state index in [9.17, 15) is 4.39 Å². The molecular weight excluding hydrogens is 401 g/mol. The maximum Gasteiger partial charge on any atom is 0.155 e. The summed E-state index contributed by atoms with van der Waals surface area (Å²) in [5, 5.41) is 7.47. The minimum atomic E-state index is -0.343. The zero-order chi connectivity index (χ0) is 21.5. The molecule has 160 valence electrons. The molecule has 1 fully saturated rings. The number of benzene rings is 1. The third-order valence-electron chi connectivity index (χ3n) is 5.26. The van der Waals surface area contributed by atoms with Crippen molar-refractivity contribution in [3.8, 4) is 0 Å². The van der Waals surface area contributed by atoms with Crippen LogP contribution in [0.4, 0.5) is 4.39 Å². The molecule has 2 N–H and O–H groups in total. The summed E-state index contributed by atoms with van der Waals surface area (Å²) in [7, 11) is 0. The minimum Gasteiger partial charge on any atom is -0.379 e. The molecule has 2 heterocycles.